The smallest absolute Gasteiger partial charge is 0.223 e. The van der Waals surface area contributed by atoms with Crippen LogP contribution in [0, 0.1) is 11.8 Å². The minimum absolute atomic E-state index is 0.547. The van der Waals surface area contributed by atoms with Gasteiger partial charge in [-0.1, -0.05) is 12.8 Å². The van der Waals surface area contributed by atoms with Crippen molar-refractivity contribution in [3.8, 4) is 11.4 Å². The highest BCUT2D eigenvalue weighted by atomic mass is 15.1. The normalized spacial score (nSPS) is 27.7. The Bertz CT molecular complexity index is 600. The summed E-state index contributed by atoms with van der Waals surface area (Å²) in [5.41, 5.74) is 1.60. The van der Waals surface area contributed by atoms with Gasteiger partial charge >= 0.3 is 0 Å². The first-order valence-corrected chi connectivity index (χ1v) is 7.26. The van der Waals surface area contributed by atoms with E-state index in [1.807, 2.05) is 6.07 Å². The van der Waals surface area contributed by atoms with Gasteiger partial charge in [0.1, 0.15) is 5.69 Å². The SMILES string of the molecule is c1cnc(-c2ccnc(NC3CCCC4CC43)n2)cn1. The predicted molar refractivity (Wildman–Crippen MR) is 75.9 cm³/mol. The Morgan fingerprint density at radius 3 is 2.95 bits per heavy atom. The fourth-order valence-electron chi connectivity index (χ4n) is 3.26. The zero-order valence-corrected chi connectivity index (χ0v) is 11.2. The van der Waals surface area contributed by atoms with Crippen LogP contribution in [0.3, 0.4) is 0 Å². The third-order valence-electron chi connectivity index (χ3n) is 4.38. The van der Waals surface area contributed by atoms with Gasteiger partial charge in [0.15, 0.2) is 0 Å². The van der Waals surface area contributed by atoms with Gasteiger partial charge in [0, 0.05) is 24.6 Å². The van der Waals surface area contributed by atoms with E-state index in [1.165, 1.54) is 25.7 Å². The molecule has 5 nitrogen and oxygen atoms in total. The Hall–Kier alpha value is -2.04. The number of nitrogens with one attached hydrogen (secondary N) is 1. The van der Waals surface area contributed by atoms with Gasteiger partial charge in [0.05, 0.1) is 11.9 Å². The summed E-state index contributed by atoms with van der Waals surface area (Å²) < 4.78 is 0. The molecule has 2 aromatic rings. The van der Waals surface area contributed by atoms with Gasteiger partial charge in [-0.25, -0.2) is 9.97 Å². The largest absolute Gasteiger partial charge is 0.351 e. The summed E-state index contributed by atoms with van der Waals surface area (Å²) in [5, 5.41) is 3.51. The van der Waals surface area contributed by atoms with Crippen molar-refractivity contribution in [3.63, 3.8) is 0 Å². The van der Waals surface area contributed by atoms with Gasteiger partial charge in [-0.3, -0.25) is 9.97 Å². The highest BCUT2D eigenvalue weighted by Gasteiger charge is 2.45. The number of anilines is 1. The fourth-order valence-corrected chi connectivity index (χ4v) is 3.26. The highest BCUT2D eigenvalue weighted by molar-refractivity contribution is 5.53. The molecule has 2 heterocycles. The molecule has 2 aliphatic rings. The molecule has 0 radical (unpaired) electrons. The number of aromatic nitrogens is 4. The molecule has 0 bridgehead atoms. The standard InChI is InChI=1S/C15H17N5/c1-2-10-8-11(10)12(3-1)19-15-18-5-4-13(20-15)14-9-16-6-7-17-14/h4-7,9-12H,1-3,8H2,(H,18,19,20). The monoisotopic (exact) mass is 267 g/mol. The van der Waals surface area contributed by atoms with Gasteiger partial charge in [0.2, 0.25) is 5.95 Å². The van der Waals surface area contributed by atoms with E-state index in [0.717, 1.165) is 23.2 Å². The first-order valence-electron chi connectivity index (χ1n) is 7.26. The van der Waals surface area contributed by atoms with Crippen LogP contribution in [0.1, 0.15) is 25.7 Å². The van der Waals surface area contributed by atoms with E-state index >= 15 is 0 Å². The van der Waals surface area contributed by atoms with Crippen molar-refractivity contribution in [2.75, 3.05) is 5.32 Å². The summed E-state index contributed by atoms with van der Waals surface area (Å²) in [5.74, 6) is 2.50. The van der Waals surface area contributed by atoms with Crippen molar-refractivity contribution in [2.24, 2.45) is 11.8 Å². The molecule has 2 aliphatic carbocycles. The second-order valence-corrected chi connectivity index (χ2v) is 5.70. The van der Waals surface area contributed by atoms with Crippen LogP contribution in [0.4, 0.5) is 5.95 Å². The average molecular weight is 267 g/mol. The Balaban J connectivity index is 1.54. The maximum Gasteiger partial charge on any atom is 0.223 e. The number of nitrogens with zero attached hydrogens (tertiary/aromatic N) is 4. The summed E-state index contributed by atoms with van der Waals surface area (Å²) in [4.78, 5) is 17.3. The number of fused-ring (bicyclic) bond motifs is 1. The molecule has 0 spiro atoms. The summed E-state index contributed by atoms with van der Waals surface area (Å²) in [6.45, 7) is 0. The van der Waals surface area contributed by atoms with Crippen LogP contribution in [-0.2, 0) is 0 Å². The average Bonchev–Trinajstić information content (AvgIpc) is 3.29. The molecule has 2 aromatic heterocycles. The van der Waals surface area contributed by atoms with E-state index in [9.17, 15) is 0 Å². The number of hydrogen-bond donors (Lipinski definition) is 1. The molecule has 3 unspecified atom stereocenters. The lowest BCUT2D eigenvalue weighted by molar-refractivity contribution is 0.438. The van der Waals surface area contributed by atoms with Gasteiger partial charge in [-0.05, 0) is 30.7 Å². The molecule has 1 N–H and O–H groups in total. The molecule has 0 saturated heterocycles. The van der Waals surface area contributed by atoms with Crippen molar-refractivity contribution < 1.29 is 0 Å². The Morgan fingerprint density at radius 2 is 2.05 bits per heavy atom. The van der Waals surface area contributed by atoms with Crippen molar-refractivity contribution in [1.29, 1.82) is 0 Å². The van der Waals surface area contributed by atoms with Crippen LogP contribution in [0.5, 0.6) is 0 Å². The molecule has 2 fully saturated rings. The molecular formula is C15H17N5. The number of rotatable bonds is 3. The predicted octanol–water partition coefficient (Wildman–Crippen LogP) is 2.53. The van der Waals surface area contributed by atoms with Crippen LogP contribution in [0.25, 0.3) is 11.4 Å². The zero-order chi connectivity index (χ0) is 13.4. The molecule has 3 atom stereocenters. The van der Waals surface area contributed by atoms with Crippen LogP contribution < -0.4 is 5.32 Å². The molecule has 5 heteroatoms. The van der Waals surface area contributed by atoms with E-state index in [4.69, 9.17) is 0 Å². The highest BCUT2D eigenvalue weighted by Crippen LogP contribution is 2.50. The van der Waals surface area contributed by atoms with Gasteiger partial charge < -0.3 is 5.32 Å². The lowest BCUT2D eigenvalue weighted by atomic mass is 9.96. The summed E-state index contributed by atoms with van der Waals surface area (Å²) in [6.07, 6.45) is 12.2. The Morgan fingerprint density at radius 1 is 1.05 bits per heavy atom. The minimum Gasteiger partial charge on any atom is -0.351 e. The van der Waals surface area contributed by atoms with Crippen molar-refractivity contribution in [3.05, 3.63) is 30.9 Å². The summed E-state index contributed by atoms with van der Waals surface area (Å²) >= 11 is 0. The van der Waals surface area contributed by atoms with Crippen molar-refractivity contribution >= 4 is 5.95 Å². The lowest BCUT2D eigenvalue weighted by Gasteiger charge is -2.22. The Kier molecular flexibility index (Phi) is 2.83. The lowest BCUT2D eigenvalue weighted by Crippen LogP contribution is -2.26. The summed E-state index contributed by atoms with van der Waals surface area (Å²) in [6, 6.07) is 2.42. The third kappa shape index (κ3) is 2.24. The first kappa shape index (κ1) is 11.8. The fraction of sp³-hybridized carbons (Fsp3) is 0.467. The molecule has 4 rings (SSSR count). The maximum absolute atomic E-state index is 4.57. The van der Waals surface area contributed by atoms with Crippen LogP contribution in [0.15, 0.2) is 30.9 Å². The molecular weight excluding hydrogens is 250 g/mol. The summed E-state index contributed by atoms with van der Waals surface area (Å²) in [7, 11) is 0. The van der Waals surface area contributed by atoms with Crippen LogP contribution in [-0.4, -0.2) is 26.0 Å². The maximum atomic E-state index is 4.57. The molecule has 0 amide bonds. The van der Waals surface area contributed by atoms with E-state index in [0.29, 0.717) is 12.0 Å². The number of hydrogen-bond acceptors (Lipinski definition) is 5. The molecule has 20 heavy (non-hydrogen) atoms. The van der Waals surface area contributed by atoms with E-state index in [2.05, 4.69) is 25.3 Å². The quantitative estimate of drug-likeness (QED) is 0.925. The Labute approximate surface area is 117 Å². The molecule has 2 saturated carbocycles. The van der Waals surface area contributed by atoms with Crippen molar-refractivity contribution in [2.45, 2.75) is 31.7 Å². The zero-order valence-electron chi connectivity index (χ0n) is 11.2. The van der Waals surface area contributed by atoms with Gasteiger partial charge in [-0.2, -0.15) is 0 Å². The van der Waals surface area contributed by atoms with E-state index in [1.54, 1.807) is 24.8 Å². The van der Waals surface area contributed by atoms with Crippen LogP contribution >= 0.6 is 0 Å². The molecule has 0 aliphatic heterocycles. The molecule has 102 valence electrons. The van der Waals surface area contributed by atoms with E-state index in [-0.39, 0.29) is 0 Å². The van der Waals surface area contributed by atoms with Crippen LogP contribution in [0.2, 0.25) is 0 Å². The second kappa shape index (κ2) is 4.81. The third-order valence-corrected chi connectivity index (χ3v) is 4.38. The van der Waals surface area contributed by atoms with Gasteiger partial charge in [-0.15, -0.1) is 0 Å². The topological polar surface area (TPSA) is 63.6 Å². The second-order valence-electron chi connectivity index (χ2n) is 5.70. The van der Waals surface area contributed by atoms with Crippen molar-refractivity contribution in [1.82, 2.24) is 19.9 Å². The van der Waals surface area contributed by atoms with E-state index < -0.39 is 0 Å². The van der Waals surface area contributed by atoms with Gasteiger partial charge in [0.25, 0.3) is 0 Å². The molecule has 0 aromatic carbocycles. The first-order chi connectivity index (χ1) is 9.90. The minimum atomic E-state index is 0.547.